The Morgan fingerprint density at radius 2 is 2.04 bits per heavy atom. The van der Waals surface area contributed by atoms with E-state index in [0.29, 0.717) is 22.6 Å². The summed E-state index contributed by atoms with van der Waals surface area (Å²) >= 11 is 5.88. The van der Waals surface area contributed by atoms with Crippen LogP contribution in [0.3, 0.4) is 0 Å². The maximum Gasteiger partial charge on any atom is 0.253 e. The number of halogens is 1. The van der Waals surface area contributed by atoms with Gasteiger partial charge in [0.05, 0.1) is 0 Å². The normalized spacial score (nSPS) is 12.5. The summed E-state index contributed by atoms with van der Waals surface area (Å²) in [6, 6.07) is 7.01. The molecule has 0 amide bonds. The number of hydrogen-bond acceptors (Lipinski definition) is 6. The van der Waals surface area contributed by atoms with Crippen molar-refractivity contribution in [2.24, 2.45) is 0 Å². The maximum absolute atomic E-state index is 5.88. The standard InChI is InChI=1S/C15H17ClN6O/c1-3-4-5-13-17-15(23-20-13)10(2)22-19-14(18-21-22)11-6-8-12(16)9-7-11/h6-10H,3-5H2,1-2H3/t10-/m0/s1. The van der Waals surface area contributed by atoms with Gasteiger partial charge in [0.15, 0.2) is 5.82 Å². The molecule has 2 heterocycles. The largest absolute Gasteiger partial charge is 0.337 e. The molecule has 0 aliphatic rings. The van der Waals surface area contributed by atoms with Crippen LogP contribution in [0.2, 0.25) is 5.02 Å². The Balaban J connectivity index is 1.76. The van der Waals surface area contributed by atoms with Gasteiger partial charge in [-0.3, -0.25) is 0 Å². The summed E-state index contributed by atoms with van der Waals surface area (Å²) in [5.74, 6) is 1.72. The predicted octanol–water partition coefficient (Wildman–Crippen LogP) is 3.33. The molecular formula is C15H17ClN6O. The number of hydrogen-bond donors (Lipinski definition) is 0. The van der Waals surface area contributed by atoms with Crippen LogP contribution in [0.15, 0.2) is 28.8 Å². The summed E-state index contributed by atoms with van der Waals surface area (Å²) < 4.78 is 5.30. The second-order valence-electron chi connectivity index (χ2n) is 5.27. The second-order valence-corrected chi connectivity index (χ2v) is 5.71. The van der Waals surface area contributed by atoms with E-state index in [9.17, 15) is 0 Å². The first-order valence-corrected chi connectivity index (χ1v) is 7.93. The fraction of sp³-hybridized carbons (Fsp3) is 0.400. The number of benzene rings is 1. The van der Waals surface area contributed by atoms with Gasteiger partial charge in [-0.15, -0.1) is 10.2 Å². The van der Waals surface area contributed by atoms with E-state index in [1.54, 1.807) is 12.1 Å². The number of rotatable bonds is 6. The van der Waals surface area contributed by atoms with Crippen molar-refractivity contribution in [1.82, 2.24) is 30.3 Å². The number of aryl methyl sites for hydroxylation is 1. The Bertz CT molecular complexity index is 766. The number of tetrazole rings is 1. The monoisotopic (exact) mass is 332 g/mol. The SMILES string of the molecule is CCCCc1noc([C@H](C)n2nnc(-c3ccc(Cl)cc3)n2)n1. The Morgan fingerprint density at radius 3 is 2.78 bits per heavy atom. The van der Waals surface area contributed by atoms with Gasteiger partial charge in [0.1, 0.15) is 6.04 Å². The van der Waals surface area contributed by atoms with Crippen molar-refractivity contribution in [3.8, 4) is 11.4 Å². The third-order valence-corrected chi connectivity index (χ3v) is 3.72. The number of unbranched alkanes of at least 4 members (excludes halogenated alkanes) is 1. The zero-order valence-electron chi connectivity index (χ0n) is 13.0. The van der Waals surface area contributed by atoms with Gasteiger partial charge >= 0.3 is 0 Å². The van der Waals surface area contributed by atoms with Crippen molar-refractivity contribution < 1.29 is 4.52 Å². The predicted molar refractivity (Wildman–Crippen MR) is 85.0 cm³/mol. The highest BCUT2D eigenvalue weighted by Gasteiger charge is 2.19. The summed E-state index contributed by atoms with van der Waals surface area (Å²) in [5.41, 5.74) is 0.849. The van der Waals surface area contributed by atoms with Crippen LogP contribution in [0.1, 0.15) is 44.4 Å². The first-order valence-electron chi connectivity index (χ1n) is 7.55. The van der Waals surface area contributed by atoms with Gasteiger partial charge < -0.3 is 4.52 Å². The number of nitrogens with zero attached hydrogens (tertiary/aromatic N) is 6. The van der Waals surface area contributed by atoms with Gasteiger partial charge in [-0.05, 0) is 42.8 Å². The Kier molecular flexibility index (Phi) is 4.66. The highest BCUT2D eigenvalue weighted by molar-refractivity contribution is 6.30. The molecule has 3 rings (SSSR count). The number of aromatic nitrogens is 6. The third-order valence-electron chi connectivity index (χ3n) is 3.47. The molecule has 0 bridgehead atoms. The lowest BCUT2D eigenvalue weighted by Crippen LogP contribution is -2.11. The molecule has 1 atom stereocenters. The summed E-state index contributed by atoms with van der Waals surface area (Å²) in [6.07, 6.45) is 2.94. The fourth-order valence-electron chi connectivity index (χ4n) is 2.08. The lowest BCUT2D eigenvalue weighted by atomic mass is 10.2. The molecule has 0 saturated carbocycles. The quantitative estimate of drug-likeness (QED) is 0.688. The Morgan fingerprint density at radius 1 is 1.26 bits per heavy atom. The molecule has 0 aliphatic carbocycles. The van der Waals surface area contributed by atoms with E-state index in [-0.39, 0.29) is 6.04 Å². The van der Waals surface area contributed by atoms with Gasteiger partial charge in [-0.25, -0.2) is 0 Å². The van der Waals surface area contributed by atoms with Crippen LogP contribution < -0.4 is 0 Å². The Labute approximate surface area is 138 Å². The zero-order chi connectivity index (χ0) is 16.2. The summed E-state index contributed by atoms with van der Waals surface area (Å²) in [5, 5.41) is 17.2. The van der Waals surface area contributed by atoms with E-state index >= 15 is 0 Å². The lowest BCUT2D eigenvalue weighted by molar-refractivity contribution is 0.318. The minimum Gasteiger partial charge on any atom is -0.337 e. The van der Waals surface area contributed by atoms with E-state index in [1.165, 1.54) is 4.80 Å². The van der Waals surface area contributed by atoms with Crippen molar-refractivity contribution in [3.05, 3.63) is 41.0 Å². The molecule has 0 radical (unpaired) electrons. The van der Waals surface area contributed by atoms with Crippen molar-refractivity contribution in [2.45, 2.75) is 39.2 Å². The van der Waals surface area contributed by atoms with Crippen LogP contribution in [0.5, 0.6) is 0 Å². The Hall–Kier alpha value is -2.28. The van der Waals surface area contributed by atoms with Gasteiger partial charge in [0, 0.05) is 17.0 Å². The molecule has 2 aromatic heterocycles. The minimum absolute atomic E-state index is 0.272. The molecule has 0 saturated heterocycles. The van der Waals surface area contributed by atoms with Gasteiger partial charge in [-0.1, -0.05) is 30.1 Å². The van der Waals surface area contributed by atoms with Gasteiger partial charge in [0.25, 0.3) is 5.89 Å². The third kappa shape index (κ3) is 3.56. The van der Waals surface area contributed by atoms with Crippen LogP contribution in [-0.2, 0) is 6.42 Å². The zero-order valence-corrected chi connectivity index (χ0v) is 13.7. The van der Waals surface area contributed by atoms with Crippen LogP contribution in [0.4, 0.5) is 0 Å². The molecule has 0 aliphatic heterocycles. The van der Waals surface area contributed by atoms with Crippen LogP contribution in [0.25, 0.3) is 11.4 Å². The molecule has 0 fully saturated rings. The van der Waals surface area contributed by atoms with Crippen LogP contribution >= 0.6 is 11.6 Å². The maximum atomic E-state index is 5.88. The molecule has 1 aromatic carbocycles. The molecular weight excluding hydrogens is 316 g/mol. The average molecular weight is 333 g/mol. The minimum atomic E-state index is -0.272. The fourth-order valence-corrected chi connectivity index (χ4v) is 2.20. The summed E-state index contributed by atoms with van der Waals surface area (Å²) in [4.78, 5) is 5.87. The molecule has 0 spiro atoms. The van der Waals surface area contributed by atoms with Gasteiger partial charge in [-0.2, -0.15) is 9.78 Å². The highest BCUT2D eigenvalue weighted by atomic mass is 35.5. The molecule has 7 nitrogen and oxygen atoms in total. The average Bonchev–Trinajstić information content (AvgIpc) is 3.22. The topological polar surface area (TPSA) is 82.5 Å². The molecule has 23 heavy (non-hydrogen) atoms. The van der Waals surface area contributed by atoms with Crippen molar-refractivity contribution >= 4 is 11.6 Å². The van der Waals surface area contributed by atoms with Crippen molar-refractivity contribution in [2.75, 3.05) is 0 Å². The van der Waals surface area contributed by atoms with Crippen LogP contribution in [0, 0.1) is 0 Å². The van der Waals surface area contributed by atoms with E-state index in [0.717, 1.165) is 24.8 Å². The molecule has 0 unspecified atom stereocenters. The molecule has 3 aromatic rings. The second kappa shape index (κ2) is 6.87. The first kappa shape index (κ1) is 15.6. The molecule has 120 valence electrons. The van der Waals surface area contributed by atoms with E-state index in [2.05, 4.69) is 32.5 Å². The molecule has 0 N–H and O–H groups in total. The smallest absolute Gasteiger partial charge is 0.253 e. The molecule has 8 heteroatoms. The van der Waals surface area contributed by atoms with Crippen LogP contribution in [-0.4, -0.2) is 30.3 Å². The lowest BCUT2D eigenvalue weighted by Gasteiger charge is -2.02. The van der Waals surface area contributed by atoms with E-state index in [1.807, 2.05) is 19.1 Å². The summed E-state index contributed by atoms with van der Waals surface area (Å²) in [7, 11) is 0. The van der Waals surface area contributed by atoms with E-state index in [4.69, 9.17) is 16.1 Å². The van der Waals surface area contributed by atoms with Crippen molar-refractivity contribution in [1.29, 1.82) is 0 Å². The van der Waals surface area contributed by atoms with Crippen molar-refractivity contribution in [3.63, 3.8) is 0 Å². The van der Waals surface area contributed by atoms with Gasteiger partial charge in [0.2, 0.25) is 5.82 Å². The van der Waals surface area contributed by atoms with E-state index < -0.39 is 0 Å². The summed E-state index contributed by atoms with van der Waals surface area (Å²) in [6.45, 7) is 4.02. The first-order chi connectivity index (χ1) is 11.2. The highest BCUT2D eigenvalue weighted by Crippen LogP contribution is 2.19.